The number of para-hydroxylation sites is 1. The quantitative estimate of drug-likeness (QED) is 0.901. The molecule has 6 heteroatoms. The van der Waals surface area contributed by atoms with Gasteiger partial charge >= 0.3 is 0 Å². The number of likely N-dealkylation sites (N-methyl/N-ethyl adjacent to an activating group) is 1. The molecule has 1 atom stereocenters. The standard InChI is InChI=1S/C13H15N3O3/c1-8(14-2)6-11-15-13(19-16-11)9-4-3-5-10-12(9)18-7-17-10/h3-5,8,14H,6-7H2,1-2H3. The third-order valence-corrected chi connectivity index (χ3v) is 3.08. The van der Waals surface area contributed by atoms with Crippen LogP contribution >= 0.6 is 0 Å². The molecular weight excluding hydrogens is 246 g/mol. The normalized spacial score (nSPS) is 14.6. The maximum atomic E-state index is 5.43. The van der Waals surface area contributed by atoms with Gasteiger partial charge in [0.05, 0.1) is 5.56 Å². The summed E-state index contributed by atoms with van der Waals surface area (Å²) in [5, 5.41) is 7.12. The molecule has 0 fully saturated rings. The van der Waals surface area contributed by atoms with Gasteiger partial charge in [-0.1, -0.05) is 11.2 Å². The summed E-state index contributed by atoms with van der Waals surface area (Å²) in [5.74, 6) is 2.51. The van der Waals surface area contributed by atoms with Crippen LogP contribution in [0.1, 0.15) is 12.7 Å². The van der Waals surface area contributed by atoms with E-state index >= 15 is 0 Å². The molecule has 1 unspecified atom stereocenters. The van der Waals surface area contributed by atoms with Crippen LogP contribution in [0.15, 0.2) is 22.7 Å². The minimum atomic E-state index is 0.226. The Morgan fingerprint density at radius 2 is 2.26 bits per heavy atom. The molecule has 2 aromatic rings. The van der Waals surface area contributed by atoms with Crippen molar-refractivity contribution >= 4 is 0 Å². The Labute approximate surface area is 110 Å². The van der Waals surface area contributed by atoms with Crippen molar-refractivity contribution in [2.24, 2.45) is 0 Å². The van der Waals surface area contributed by atoms with E-state index in [0.29, 0.717) is 35.7 Å². The molecule has 0 saturated carbocycles. The van der Waals surface area contributed by atoms with Crippen LogP contribution < -0.4 is 14.8 Å². The van der Waals surface area contributed by atoms with Gasteiger partial charge in [-0.2, -0.15) is 4.98 Å². The number of hydrogen-bond donors (Lipinski definition) is 1. The van der Waals surface area contributed by atoms with E-state index in [-0.39, 0.29) is 6.79 Å². The van der Waals surface area contributed by atoms with Gasteiger partial charge in [0.1, 0.15) is 0 Å². The summed E-state index contributed by atoms with van der Waals surface area (Å²) in [5.41, 5.74) is 0.769. The molecule has 0 aliphatic carbocycles. The fourth-order valence-electron chi connectivity index (χ4n) is 1.92. The largest absolute Gasteiger partial charge is 0.454 e. The molecular formula is C13H15N3O3. The summed E-state index contributed by atoms with van der Waals surface area (Å²) in [4.78, 5) is 4.39. The lowest BCUT2D eigenvalue weighted by Gasteiger charge is -2.04. The number of benzene rings is 1. The first kappa shape index (κ1) is 12.0. The maximum absolute atomic E-state index is 5.43. The number of fused-ring (bicyclic) bond motifs is 1. The van der Waals surface area contributed by atoms with Crippen LogP contribution in [-0.4, -0.2) is 30.0 Å². The fraction of sp³-hybridized carbons (Fsp3) is 0.385. The van der Waals surface area contributed by atoms with E-state index in [4.69, 9.17) is 14.0 Å². The highest BCUT2D eigenvalue weighted by Gasteiger charge is 2.22. The molecule has 19 heavy (non-hydrogen) atoms. The lowest BCUT2D eigenvalue weighted by Crippen LogP contribution is -2.24. The number of aromatic nitrogens is 2. The van der Waals surface area contributed by atoms with Gasteiger partial charge in [-0.15, -0.1) is 0 Å². The van der Waals surface area contributed by atoms with E-state index in [1.165, 1.54) is 0 Å². The van der Waals surface area contributed by atoms with Crippen LogP contribution in [0.4, 0.5) is 0 Å². The van der Waals surface area contributed by atoms with Crippen molar-refractivity contribution in [1.29, 1.82) is 0 Å². The minimum Gasteiger partial charge on any atom is -0.454 e. The van der Waals surface area contributed by atoms with E-state index in [1.807, 2.05) is 25.2 Å². The Morgan fingerprint density at radius 3 is 3.11 bits per heavy atom. The minimum absolute atomic E-state index is 0.226. The van der Waals surface area contributed by atoms with Crippen LogP contribution in [0.2, 0.25) is 0 Å². The van der Waals surface area contributed by atoms with E-state index < -0.39 is 0 Å². The van der Waals surface area contributed by atoms with Crippen LogP contribution in [0.3, 0.4) is 0 Å². The van der Waals surface area contributed by atoms with Crippen molar-refractivity contribution in [3.8, 4) is 23.0 Å². The van der Waals surface area contributed by atoms with Gasteiger partial charge < -0.3 is 19.3 Å². The number of hydrogen-bond acceptors (Lipinski definition) is 6. The molecule has 0 bridgehead atoms. The van der Waals surface area contributed by atoms with E-state index in [1.54, 1.807) is 0 Å². The summed E-state index contributed by atoms with van der Waals surface area (Å²) >= 11 is 0. The van der Waals surface area contributed by atoms with Crippen molar-refractivity contribution in [2.75, 3.05) is 13.8 Å². The molecule has 0 saturated heterocycles. The Bertz CT molecular complexity index is 582. The highest BCUT2D eigenvalue weighted by Crippen LogP contribution is 2.40. The topological polar surface area (TPSA) is 69.4 Å². The molecule has 2 heterocycles. The average Bonchev–Trinajstić information content (AvgIpc) is 3.06. The highest BCUT2D eigenvalue weighted by atomic mass is 16.7. The number of ether oxygens (including phenoxy) is 2. The van der Waals surface area contributed by atoms with Crippen LogP contribution in [0, 0.1) is 0 Å². The second-order valence-electron chi connectivity index (χ2n) is 4.45. The zero-order valence-corrected chi connectivity index (χ0v) is 10.8. The summed E-state index contributed by atoms with van der Waals surface area (Å²) < 4.78 is 16.1. The van der Waals surface area contributed by atoms with Crippen molar-refractivity contribution in [3.05, 3.63) is 24.0 Å². The molecule has 3 rings (SSSR count). The third kappa shape index (κ3) is 2.26. The van der Waals surface area contributed by atoms with Gasteiger partial charge in [0.15, 0.2) is 17.3 Å². The monoisotopic (exact) mass is 261 g/mol. The first-order valence-electron chi connectivity index (χ1n) is 6.16. The zero-order valence-electron chi connectivity index (χ0n) is 10.8. The lowest BCUT2D eigenvalue weighted by atomic mass is 10.2. The molecule has 100 valence electrons. The van der Waals surface area contributed by atoms with Gasteiger partial charge in [-0.05, 0) is 26.1 Å². The zero-order chi connectivity index (χ0) is 13.2. The molecule has 1 aliphatic rings. The first-order valence-corrected chi connectivity index (χ1v) is 6.16. The van der Waals surface area contributed by atoms with E-state index in [0.717, 1.165) is 5.56 Å². The van der Waals surface area contributed by atoms with Crippen molar-refractivity contribution in [2.45, 2.75) is 19.4 Å². The SMILES string of the molecule is CNC(C)Cc1noc(-c2cccc3c2OCO3)n1. The van der Waals surface area contributed by atoms with Crippen molar-refractivity contribution < 1.29 is 14.0 Å². The second kappa shape index (κ2) is 4.89. The summed E-state index contributed by atoms with van der Waals surface area (Å²) in [7, 11) is 1.90. The molecule has 1 N–H and O–H groups in total. The summed E-state index contributed by atoms with van der Waals surface area (Å²) in [6.45, 7) is 2.29. The molecule has 1 aliphatic heterocycles. The first-order chi connectivity index (χ1) is 9.28. The smallest absolute Gasteiger partial charge is 0.261 e. The number of rotatable bonds is 4. The Balaban J connectivity index is 1.89. The molecule has 0 amide bonds. The molecule has 1 aromatic carbocycles. The maximum Gasteiger partial charge on any atom is 0.261 e. The van der Waals surface area contributed by atoms with Gasteiger partial charge in [0.25, 0.3) is 5.89 Å². The molecule has 0 radical (unpaired) electrons. The van der Waals surface area contributed by atoms with E-state index in [2.05, 4.69) is 22.4 Å². The Hall–Kier alpha value is -2.08. The predicted molar refractivity (Wildman–Crippen MR) is 68.1 cm³/mol. The molecule has 0 spiro atoms. The predicted octanol–water partition coefficient (Wildman–Crippen LogP) is 1.62. The fourth-order valence-corrected chi connectivity index (χ4v) is 1.92. The second-order valence-corrected chi connectivity index (χ2v) is 4.45. The third-order valence-electron chi connectivity index (χ3n) is 3.08. The van der Waals surface area contributed by atoms with Crippen molar-refractivity contribution in [3.63, 3.8) is 0 Å². The van der Waals surface area contributed by atoms with E-state index in [9.17, 15) is 0 Å². The number of nitrogens with zero attached hydrogens (tertiary/aromatic N) is 2. The van der Waals surface area contributed by atoms with Gasteiger partial charge in [-0.25, -0.2) is 0 Å². The Morgan fingerprint density at radius 1 is 1.37 bits per heavy atom. The molecule has 1 aromatic heterocycles. The van der Waals surface area contributed by atoms with Gasteiger partial charge in [-0.3, -0.25) is 0 Å². The summed E-state index contributed by atoms with van der Waals surface area (Å²) in [6.07, 6.45) is 0.715. The van der Waals surface area contributed by atoms with Crippen LogP contribution in [0.5, 0.6) is 11.5 Å². The average molecular weight is 261 g/mol. The van der Waals surface area contributed by atoms with Crippen LogP contribution in [0.25, 0.3) is 11.5 Å². The Kier molecular flexibility index (Phi) is 3.08. The number of nitrogens with one attached hydrogen (secondary N) is 1. The highest BCUT2D eigenvalue weighted by molar-refractivity contribution is 5.68. The van der Waals surface area contributed by atoms with Gasteiger partial charge in [0.2, 0.25) is 6.79 Å². The summed E-state index contributed by atoms with van der Waals surface area (Å²) in [6, 6.07) is 5.91. The lowest BCUT2D eigenvalue weighted by molar-refractivity contribution is 0.174. The van der Waals surface area contributed by atoms with Gasteiger partial charge in [0, 0.05) is 12.5 Å². The van der Waals surface area contributed by atoms with Crippen molar-refractivity contribution in [1.82, 2.24) is 15.5 Å². The van der Waals surface area contributed by atoms with Crippen LogP contribution in [-0.2, 0) is 6.42 Å². The molecule has 6 nitrogen and oxygen atoms in total.